The van der Waals surface area contributed by atoms with Crippen LogP contribution in [0.15, 0.2) is 24.3 Å². The van der Waals surface area contributed by atoms with Crippen molar-refractivity contribution in [2.45, 2.75) is 13.0 Å². The molecular weight excluding hydrogens is 178 g/mol. The molecule has 76 valence electrons. The third kappa shape index (κ3) is 3.06. The number of nitrogens with one attached hydrogen (secondary N) is 1. The minimum absolute atomic E-state index is 0.103. The van der Waals surface area contributed by atoms with Crippen LogP contribution in [0, 0.1) is 0 Å². The van der Waals surface area contributed by atoms with Crippen LogP contribution in [-0.4, -0.2) is 18.5 Å². The first kappa shape index (κ1) is 10.5. The van der Waals surface area contributed by atoms with Crippen molar-refractivity contribution in [2.75, 3.05) is 11.9 Å². The maximum atomic E-state index is 10.8. The van der Waals surface area contributed by atoms with Gasteiger partial charge in [-0.05, 0) is 31.2 Å². The fourth-order valence-electron chi connectivity index (χ4n) is 1.03. The van der Waals surface area contributed by atoms with Crippen molar-refractivity contribution < 1.29 is 4.79 Å². The maximum Gasteiger partial charge on any atom is 0.248 e. The van der Waals surface area contributed by atoms with Crippen molar-refractivity contribution in [3.05, 3.63) is 29.8 Å². The third-order valence-corrected chi connectivity index (χ3v) is 1.80. The molecule has 0 fully saturated rings. The second-order valence-corrected chi connectivity index (χ2v) is 3.30. The zero-order valence-corrected chi connectivity index (χ0v) is 8.16. The third-order valence-electron chi connectivity index (χ3n) is 1.80. The molecule has 0 spiro atoms. The van der Waals surface area contributed by atoms with Gasteiger partial charge in [0.2, 0.25) is 5.91 Å². The molecule has 0 aliphatic carbocycles. The molecule has 1 amide bonds. The highest BCUT2D eigenvalue weighted by atomic mass is 16.1. The van der Waals surface area contributed by atoms with Crippen LogP contribution in [0.25, 0.3) is 0 Å². The number of nitrogens with two attached hydrogens (primary N) is 2. The molecule has 4 heteroatoms. The van der Waals surface area contributed by atoms with Gasteiger partial charge in [-0.25, -0.2) is 0 Å². The topological polar surface area (TPSA) is 81.1 Å². The van der Waals surface area contributed by atoms with E-state index in [2.05, 4.69) is 5.32 Å². The predicted molar refractivity (Wildman–Crippen MR) is 57.1 cm³/mol. The van der Waals surface area contributed by atoms with Crippen LogP contribution in [0.3, 0.4) is 0 Å². The molecule has 0 heterocycles. The molecule has 1 atom stereocenters. The average molecular weight is 193 g/mol. The van der Waals surface area contributed by atoms with Crippen molar-refractivity contribution in [2.24, 2.45) is 11.5 Å². The molecule has 0 aromatic heterocycles. The van der Waals surface area contributed by atoms with Gasteiger partial charge in [-0.1, -0.05) is 0 Å². The first-order valence-corrected chi connectivity index (χ1v) is 4.49. The molecule has 1 aromatic carbocycles. The van der Waals surface area contributed by atoms with E-state index >= 15 is 0 Å². The number of benzene rings is 1. The van der Waals surface area contributed by atoms with Crippen LogP contribution in [0.2, 0.25) is 0 Å². The van der Waals surface area contributed by atoms with E-state index < -0.39 is 5.91 Å². The van der Waals surface area contributed by atoms with Crippen molar-refractivity contribution in [1.29, 1.82) is 0 Å². The van der Waals surface area contributed by atoms with E-state index in [0.29, 0.717) is 12.1 Å². The monoisotopic (exact) mass is 193 g/mol. The lowest BCUT2D eigenvalue weighted by Crippen LogP contribution is -2.25. The van der Waals surface area contributed by atoms with Gasteiger partial charge in [-0.15, -0.1) is 0 Å². The lowest BCUT2D eigenvalue weighted by atomic mass is 10.2. The zero-order valence-electron chi connectivity index (χ0n) is 8.16. The van der Waals surface area contributed by atoms with E-state index in [0.717, 1.165) is 5.69 Å². The van der Waals surface area contributed by atoms with E-state index in [9.17, 15) is 4.79 Å². The number of primary amides is 1. The number of rotatable bonds is 4. The van der Waals surface area contributed by atoms with Gasteiger partial charge in [0.25, 0.3) is 0 Å². The smallest absolute Gasteiger partial charge is 0.248 e. The fraction of sp³-hybridized carbons (Fsp3) is 0.300. The Morgan fingerprint density at radius 1 is 1.43 bits per heavy atom. The molecule has 14 heavy (non-hydrogen) atoms. The number of hydrogen-bond donors (Lipinski definition) is 3. The van der Waals surface area contributed by atoms with Crippen LogP contribution in [0.1, 0.15) is 17.3 Å². The second kappa shape index (κ2) is 4.62. The summed E-state index contributed by atoms with van der Waals surface area (Å²) < 4.78 is 0. The highest BCUT2D eigenvalue weighted by Gasteiger charge is 1.99. The van der Waals surface area contributed by atoms with Gasteiger partial charge in [0, 0.05) is 23.8 Å². The molecule has 1 unspecified atom stereocenters. The van der Waals surface area contributed by atoms with Crippen molar-refractivity contribution >= 4 is 11.6 Å². The SMILES string of the molecule is CC(N)CNc1ccc(C(N)=O)cc1. The predicted octanol–water partition coefficient (Wildman–Crippen LogP) is 0.545. The normalized spacial score (nSPS) is 12.1. The van der Waals surface area contributed by atoms with E-state index in [1.54, 1.807) is 12.1 Å². The fourth-order valence-corrected chi connectivity index (χ4v) is 1.03. The average Bonchev–Trinajstić information content (AvgIpc) is 2.15. The van der Waals surface area contributed by atoms with E-state index in [-0.39, 0.29) is 6.04 Å². The molecule has 1 rings (SSSR count). The molecule has 1 aromatic rings. The summed E-state index contributed by atoms with van der Waals surface area (Å²) in [5.74, 6) is -0.413. The van der Waals surface area contributed by atoms with Gasteiger partial charge in [0.15, 0.2) is 0 Å². The molecule has 0 radical (unpaired) electrons. The van der Waals surface area contributed by atoms with E-state index in [1.165, 1.54) is 0 Å². The molecule has 0 saturated carbocycles. The van der Waals surface area contributed by atoms with Crippen molar-refractivity contribution in [3.63, 3.8) is 0 Å². The summed E-state index contributed by atoms with van der Waals surface area (Å²) in [4.78, 5) is 10.8. The van der Waals surface area contributed by atoms with Gasteiger partial charge in [-0.3, -0.25) is 4.79 Å². The molecule has 0 bridgehead atoms. The Kier molecular flexibility index (Phi) is 3.48. The Morgan fingerprint density at radius 2 is 2.00 bits per heavy atom. The van der Waals surface area contributed by atoms with Crippen LogP contribution in [0.4, 0.5) is 5.69 Å². The number of amides is 1. The summed E-state index contributed by atoms with van der Waals surface area (Å²) in [5, 5.41) is 3.13. The van der Waals surface area contributed by atoms with E-state index in [1.807, 2.05) is 19.1 Å². The number of anilines is 1. The lowest BCUT2D eigenvalue weighted by Gasteiger charge is -2.08. The second-order valence-electron chi connectivity index (χ2n) is 3.30. The first-order chi connectivity index (χ1) is 6.59. The molecule has 5 N–H and O–H groups in total. The summed E-state index contributed by atoms with van der Waals surface area (Å²) in [6.45, 7) is 2.63. The number of carbonyl (C=O) groups excluding carboxylic acids is 1. The van der Waals surface area contributed by atoms with Gasteiger partial charge >= 0.3 is 0 Å². The Morgan fingerprint density at radius 3 is 2.43 bits per heavy atom. The van der Waals surface area contributed by atoms with Gasteiger partial charge in [-0.2, -0.15) is 0 Å². The Bertz CT molecular complexity index is 306. The number of carbonyl (C=O) groups is 1. The Balaban J connectivity index is 2.60. The van der Waals surface area contributed by atoms with Crippen LogP contribution in [-0.2, 0) is 0 Å². The summed E-state index contributed by atoms with van der Waals surface area (Å²) in [6.07, 6.45) is 0. The minimum atomic E-state index is -0.413. The van der Waals surface area contributed by atoms with Crippen LogP contribution >= 0.6 is 0 Å². The summed E-state index contributed by atoms with van der Waals surface area (Å²) in [7, 11) is 0. The maximum absolute atomic E-state index is 10.8. The Hall–Kier alpha value is -1.55. The van der Waals surface area contributed by atoms with E-state index in [4.69, 9.17) is 11.5 Å². The molecular formula is C10H15N3O. The molecule has 4 nitrogen and oxygen atoms in total. The molecule has 0 aliphatic rings. The molecule has 0 aliphatic heterocycles. The Labute approximate surface area is 83.3 Å². The van der Waals surface area contributed by atoms with Gasteiger partial charge in [0.05, 0.1) is 0 Å². The van der Waals surface area contributed by atoms with Crippen molar-refractivity contribution in [3.8, 4) is 0 Å². The largest absolute Gasteiger partial charge is 0.383 e. The first-order valence-electron chi connectivity index (χ1n) is 4.49. The van der Waals surface area contributed by atoms with Gasteiger partial charge in [0.1, 0.15) is 0 Å². The van der Waals surface area contributed by atoms with Crippen LogP contribution in [0.5, 0.6) is 0 Å². The number of hydrogen-bond acceptors (Lipinski definition) is 3. The highest BCUT2D eigenvalue weighted by molar-refractivity contribution is 5.93. The summed E-state index contributed by atoms with van der Waals surface area (Å²) in [6, 6.07) is 7.09. The van der Waals surface area contributed by atoms with Gasteiger partial charge < -0.3 is 16.8 Å². The quantitative estimate of drug-likeness (QED) is 0.653. The van der Waals surface area contributed by atoms with Crippen LogP contribution < -0.4 is 16.8 Å². The summed E-state index contributed by atoms with van der Waals surface area (Å²) in [5.41, 5.74) is 12.1. The lowest BCUT2D eigenvalue weighted by molar-refractivity contribution is 0.100. The highest BCUT2D eigenvalue weighted by Crippen LogP contribution is 2.08. The zero-order chi connectivity index (χ0) is 10.6. The summed E-state index contributed by atoms with van der Waals surface area (Å²) >= 11 is 0. The molecule has 0 saturated heterocycles. The van der Waals surface area contributed by atoms with Crippen molar-refractivity contribution in [1.82, 2.24) is 0 Å². The minimum Gasteiger partial charge on any atom is -0.383 e. The standard InChI is InChI=1S/C10H15N3O/c1-7(11)6-13-9-4-2-8(3-5-9)10(12)14/h2-5,7,13H,6,11H2,1H3,(H2,12,14).